The summed E-state index contributed by atoms with van der Waals surface area (Å²) in [6.07, 6.45) is 4.18. The van der Waals surface area contributed by atoms with Crippen LogP contribution in [0.3, 0.4) is 0 Å². The third-order valence-corrected chi connectivity index (χ3v) is 5.24. The zero-order valence-corrected chi connectivity index (χ0v) is 18.4. The van der Waals surface area contributed by atoms with Gasteiger partial charge in [0.2, 0.25) is 6.79 Å². The molecule has 1 aromatic heterocycles. The molecule has 0 atom stereocenters. The summed E-state index contributed by atoms with van der Waals surface area (Å²) < 4.78 is 18.8. The summed E-state index contributed by atoms with van der Waals surface area (Å²) >= 11 is 3.43. The number of fused-ring (bicyclic) bond motifs is 2. The Morgan fingerprint density at radius 3 is 2.80 bits per heavy atom. The summed E-state index contributed by atoms with van der Waals surface area (Å²) in [5.74, 6) is 2.50. The molecule has 0 fully saturated rings. The lowest BCUT2D eigenvalue weighted by atomic mass is 10.2. The van der Waals surface area contributed by atoms with Crippen LogP contribution < -0.4 is 19.8 Å². The first-order chi connectivity index (χ1) is 14.6. The van der Waals surface area contributed by atoms with Gasteiger partial charge in [0.15, 0.2) is 11.5 Å². The molecular weight excluding hydrogens is 450 g/mol. The minimum Gasteiger partial charge on any atom is -0.493 e. The van der Waals surface area contributed by atoms with Crippen molar-refractivity contribution in [2.45, 2.75) is 33.1 Å². The third kappa shape index (κ3) is 4.05. The van der Waals surface area contributed by atoms with Crippen molar-refractivity contribution in [3.8, 4) is 17.2 Å². The van der Waals surface area contributed by atoms with Gasteiger partial charge in [-0.25, -0.2) is 4.98 Å². The largest absolute Gasteiger partial charge is 0.493 e. The highest BCUT2D eigenvalue weighted by molar-refractivity contribution is 9.10. The molecule has 156 valence electrons. The molecule has 1 aliphatic rings. The molecule has 0 saturated carbocycles. The number of benzene rings is 2. The molecule has 2 heterocycles. The number of rotatable bonds is 7. The zero-order chi connectivity index (χ0) is 21.1. The Morgan fingerprint density at radius 2 is 2.03 bits per heavy atom. The molecule has 3 aromatic rings. The fraction of sp³-hybridized carbons (Fsp3) is 0.318. The van der Waals surface area contributed by atoms with Gasteiger partial charge in [-0.15, -0.1) is 0 Å². The highest BCUT2D eigenvalue weighted by Crippen LogP contribution is 2.37. The molecule has 4 rings (SSSR count). The highest BCUT2D eigenvalue weighted by atomic mass is 79.9. The molecular formula is C22H22BrN3O4. The van der Waals surface area contributed by atoms with Gasteiger partial charge in [0.25, 0.3) is 5.56 Å². The number of hydrogen-bond acceptors (Lipinski definition) is 6. The Morgan fingerprint density at radius 1 is 1.23 bits per heavy atom. The fourth-order valence-electron chi connectivity index (χ4n) is 3.25. The van der Waals surface area contributed by atoms with Gasteiger partial charge in [-0.3, -0.25) is 4.79 Å². The average Bonchev–Trinajstić information content (AvgIpc) is 3.19. The van der Waals surface area contributed by atoms with Crippen molar-refractivity contribution in [1.29, 1.82) is 0 Å². The van der Waals surface area contributed by atoms with E-state index in [1.54, 1.807) is 24.4 Å². The molecule has 0 aliphatic carbocycles. The van der Waals surface area contributed by atoms with E-state index in [0.29, 0.717) is 52.6 Å². The Balaban J connectivity index is 1.82. The number of nitrogens with zero attached hydrogens (tertiary/aromatic N) is 3. The summed E-state index contributed by atoms with van der Waals surface area (Å²) in [6.45, 7) is 4.67. The van der Waals surface area contributed by atoms with Gasteiger partial charge in [-0.05, 0) is 37.6 Å². The molecule has 30 heavy (non-hydrogen) atoms. The second-order valence-electron chi connectivity index (χ2n) is 6.83. The van der Waals surface area contributed by atoms with Gasteiger partial charge in [-0.2, -0.15) is 9.78 Å². The first-order valence-electron chi connectivity index (χ1n) is 9.92. The topological polar surface area (TPSA) is 74.9 Å². The van der Waals surface area contributed by atoms with Crippen LogP contribution in [0.25, 0.3) is 10.9 Å². The molecule has 0 N–H and O–H groups in total. The molecule has 2 aromatic carbocycles. The maximum absolute atomic E-state index is 13.2. The molecule has 1 aliphatic heterocycles. The zero-order valence-electron chi connectivity index (χ0n) is 16.9. The number of aryl methyl sites for hydroxylation is 1. The highest BCUT2D eigenvalue weighted by Gasteiger charge is 2.18. The van der Waals surface area contributed by atoms with Gasteiger partial charge in [0.05, 0.1) is 23.7 Å². The van der Waals surface area contributed by atoms with Crippen LogP contribution in [0.15, 0.2) is 44.7 Å². The first kappa shape index (κ1) is 20.4. The third-order valence-electron chi connectivity index (χ3n) is 4.75. The van der Waals surface area contributed by atoms with Crippen LogP contribution in [0, 0.1) is 0 Å². The van der Waals surface area contributed by atoms with Crippen molar-refractivity contribution in [1.82, 2.24) is 9.66 Å². The van der Waals surface area contributed by atoms with E-state index in [4.69, 9.17) is 19.2 Å². The molecule has 8 heteroatoms. The van der Waals surface area contributed by atoms with E-state index in [0.717, 1.165) is 17.3 Å². The molecule has 0 radical (unpaired) electrons. The predicted molar refractivity (Wildman–Crippen MR) is 119 cm³/mol. The van der Waals surface area contributed by atoms with E-state index in [9.17, 15) is 4.79 Å². The Bertz CT molecular complexity index is 1170. The van der Waals surface area contributed by atoms with Crippen LogP contribution in [-0.4, -0.2) is 29.3 Å². The summed E-state index contributed by atoms with van der Waals surface area (Å²) in [7, 11) is 0. The molecule has 0 amide bonds. The van der Waals surface area contributed by atoms with E-state index >= 15 is 0 Å². The van der Waals surface area contributed by atoms with Crippen LogP contribution >= 0.6 is 15.9 Å². The lowest BCUT2D eigenvalue weighted by molar-refractivity contribution is 0.174. The van der Waals surface area contributed by atoms with Crippen LogP contribution in [0.4, 0.5) is 0 Å². The number of hydrogen-bond donors (Lipinski definition) is 0. The summed E-state index contributed by atoms with van der Waals surface area (Å²) in [6, 6.07) is 9.08. The van der Waals surface area contributed by atoms with Crippen LogP contribution in [0.1, 0.15) is 38.1 Å². The van der Waals surface area contributed by atoms with Crippen molar-refractivity contribution in [3.05, 3.63) is 56.5 Å². The second-order valence-corrected chi connectivity index (χ2v) is 7.75. The van der Waals surface area contributed by atoms with Gasteiger partial charge in [0, 0.05) is 22.5 Å². The quantitative estimate of drug-likeness (QED) is 0.473. The maximum atomic E-state index is 13.2. The van der Waals surface area contributed by atoms with Crippen molar-refractivity contribution >= 4 is 33.0 Å². The normalized spacial score (nSPS) is 12.8. The van der Waals surface area contributed by atoms with E-state index in [-0.39, 0.29) is 12.4 Å². The van der Waals surface area contributed by atoms with E-state index in [1.807, 2.05) is 19.1 Å². The second kappa shape index (κ2) is 8.87. The van der Waals surface area contributed by atoms with Crippen molar-refractivity contribution in [2.24, 2.45) is 5.10 Å². The van der Waals surface area contributed by atoms with Crippen LogP contribution in [0.2, 0.25) is 0 Å². The van der Waals surface area contributed by atoms with Crippen molar-refractivity contribution < 1.29 is 14.2 Å². The van der Waals surface area contributed by atoms with Gasteiger partial charge in [-0.1, -0.05) is 29.3 Å². The lowest BCUT2D eigenvalue weighted by Crippen LogP contribution is -2.22. The van der Waals surface area contributed by atoms with Gasteiger partial charge < -0.3 is 14.2 Å². The number of halogens is 1. The van der Waals surface area contributed by atoms with E-state index < -0.39 is 0 Å². The van der Waals surface area contributed by atoms with Gasteiger partial charge >= 0.3 is 0 Å². The average molecular weight is 472 g/mol. The van der Waals surface area contributed by atoms with E-state index in [2.05, 4.69) is 28.0 Å². The first-order valence-corrected chi connectivity index (χ1v) is 10.7. The molecule has 0 spiro atoms. The Hall–Kier alpha value is -2.87. The van der Waals surface area contributed by atoms with Crippen molar-refractivity contribution in [2.75, 3.05) is 13.4 Å². The minimum absolute atomic E-state index is 0.172. The Labute approximate surface area is 182 Å². The van der Waals surface area contributed by atoms with Crippen LogP contribution in [0.5, 0.6) is 17.2 Å². The molecule has 7 nitrogen and oxygen atoms in total. The van der Waals surface area contributed by atoms with E-state index in [1.165, 1.54) is 4.68 Å². The lowest BCUT2D eigenvalue weighted by Gasteiger charge is -2.11. The maximum Gasteiger partial charge on any atom is 0.282 e. The van der Waals surface area contributed by atoms with Gasteiger partial charge in [0.1, 0.15) is 11.6 Å². The monoisotopic (exact) mass is 471 g/mol. The molecule has 0 unspecified atom stereocenters. The number of unbranched alkanes of at least 4 members (excludes halogenated alkanes) is 1. The fourth-order valence-corrected chi connectivity index (χ4v) is 3.61. The smallest absolute Gasteiger partial charge is 0.282 e. The molecule has 0 saturated heterocycles. The number of aromatic nitrogens is 2. The summed E-state index contributed by atoms with van der Waals surface area (Å²) in [4.78, 5) is 17.9. The predicted octanol–water partition coefficient (Wildman–Crippen LogP) is 4.51. The number of ether oxygens (including phenoxy) is 3. The minimum atomic E-state index is -0.206. The standard InChI is InChI=1S/C22H22BrN3O4/c1-3-5-6-21-25-17-8-7-15(23)10-16(17)22(27)26(21)24-12-14-9-19-20(30-13-29-19)11-18(14)28-4-2/h7-12H,3-6,13H2,1-2H3. The molecule has 0 bridgehead atoms. The summed E-state index contributed by atoms with van der Waals surface area (Å²) in [5, 5.41) is 5.01. The SMILES string of the molecule is CCCCc1nc2ccc(Br)cc2c(=O)n1N=Cc1cc2c(cc1OCC)OCO2. The summed E-state index contributed by atoms with van der Waals surface area (Å²) in [5.41, 5.74) is 1.16. The Kier molecular flexibility index (Phi) is 6.03. The van der Waals surface area contributed by atoms with Crippen LogP contribution in [-0.2, 0) is 6.42 Å². The van der Waals surface area contributed by atoms with Crippen molar-refractivity contribution in [3.63, 3.8) is 0 Å².